The maximum Gasteiger partial charge on any atom is 0.410 e. The summed E-state index contributed by atoms with van der Waals surface area (Å²) in [7, 11) is 0. The molecule has 0 radical (unpaired) electrons. The predicted octanol–water partition coefficient (Wildman–Crippen LogP) is 3.86. The first-order valence-corrected chi connectivity index (χ1v) is 8.53. The summed E-state index contributed by atoms with van der Waals surface area (Å²) in [5.41, 5.74) is 2.77. The van der Waals surface area contributed by atoms with E-state index in [1.54, 1.807) is 4.90 Å². The molecule has 0 spiro atoms. The fourth-order valence-corrected chi connectivity index (χ4v) is 2.87. The van der Waals surface area contributed by atoms with E-state index in [0.29, 0.717) is 37.6 Å². The highest BCUT2D eigenvalue weighted by Gasteiger charge is 2.21. The first-order valence-electron chi connectivity index (χ1n) is 8.15. The number of hydrogen-bond acceptors (Lipinski definition) is 3. The number of amides is 2. The quantitative estimate of drug-likeness (QED) is 0.852. The van der Waals surface area contributed by atoms with Crippen molar-refractivity contribution in [3.8, 4) is 0 Å². The molecule has 1 heterocycles. The van der Waals surface area contributed by atoms with E-state index < -0.39 is 0 Å². The molecule has 0 aliphatic carbocycles. The Labute approximate surface area is 151 Å². The number of halogens is 1. The fourth-order valence-electron chi connectivity index (χ4n) is 2.66. The monoisotopic (exact) mass is 358 g/mol. The number of ether oxygens (including phenoxy) is 1. The molecule has 2 aromatic carbocycles. The number of nitrogens with zero attached hydrogens (tertiary/aromatic N) is 1. The Morgan fingerprint density at radius 3 is 2.64 bits per heavy atom. The Bertz CT molecular complexity index is 762. The van der Waals surface area contributed by atoms with Crippen LogP contribution in [0.3, 0.4) is 0 Å². The lowest BCUT2D eigenvalue weighted by atomic mass is 10.1. The van der Waals surface area contributed by atoms with E-state index in [1.807, 2.05) is 48.5 Å². The molecule has 0 aromatic heterocycles. The van der Waals surface area contributed by atoms with Gasteiger partial charge < -0.3 is 15.0 Å². The van der Waals surface area contributed by atoms with Gasteiger partial charge >= 0.3 is 6.09 Å². The molecule has 3 rings (SSSR count). The average molecular weight is 359 g/mol. The third-order valence-corrected chi connectivity index (χ3v) is 4.22. The largest absolute Gasteiger partial charge is 0.448 e. The molecule has 0 atom stereocenters. The van der Waals surface area contributed by atoms with Crippen molar-refractivity contribution in [1.29, 1.82) is 0 Å². The van der Waals surface area contributed by atoms with Crippen LogP contribution in [0.4, 0.5) is 10.5 Å². The molecule has 25 heavy (non-hydrogen) atoms. The van der Waals surface area contributed by atoms with Crippen LogP contribution in [0.1, 0.15) is 17.5 Å². The van der Waals surface area contributed by atoms with Gasteiger partial charge in [0.15, 0.2) is 0 Å². The van der Waals surface area contributed by atoms with Gasteiger partial charge in [-0.3, -0.25) is 4.79 Å². The van der Waals surface area contributed by atoms with Gasteiger partial charge in [0, 0.05) is 23.7 Å². The number of carbonyl (C=O) groups excluding carboxylic acids is 2. The zero-order valence-corrected chi connectivity index (χ0v) is 14.5. The minimum absolute atomic E-state index is 0.0455. The second-order valence-electron chi connectivity index (χ2n) is 5.91. The van der Waals surface area contributed by atoms with Crippen molar-refractivity contribution in [2.24, 2.45) is 0 Å². The number of hydrogen-bond donors (Lipinski definition) is 1. The van der Waals surface area contributed by atoms with Crippen molar-refractivity contribution in [2.45, 2.75) is 19.4 Å². The first kappa shape index (κ1) is 17.3. The number of cyclic esters (lactones) is 1. The van der Waals surface area contributed by atoms with Gasteiger partial charge in [0.05, 0.1) is 6.54 Å². The van der Waals surface area contributed by atoms with Crippen molar-refractivity contribution in [3.63, 3.8) is 0 Å². The highest BCUT2D eigenvalue weighted by atomic mass is 35.5. The molecular weight excluding hydrogens is 340 g/mol. The summed E-state index contributed by atoms with van der Waals surface area (Å²) < 4.78 is 4.91. The molecule has 1 fully saturated rings. The minimum Gasteiger partial charge on any atom is -0.448 e. The van der Waals surface area contributed by atoms with Crippen LogP contribution in [-0.4, -0.2) is 30.1 Å². The van der Waals surface area contributed by atoms with Crippen molar-refractivity contribution in [1.82, 2.24) is 4.90 Å². The van der Waals surface area contributed by atoms with E-state index in [0.717, 1.165) is 16.8 Å². The van der Waals surface area contributed by atoms with E-state index in [-0.39, 0.29) is 12.0 Å². The number of anilines is 1. The highest BCUT2D eigenvalue weighted by molar-refractivity contribution is 6.30. The maximum atomic E-state index is 12.1. The van der Waals surface area contributed by atoms with E-state index in [4.69, 9.17) is 16.3 Å². The lowest BCUT2D eigenvalue weighted by molar-refractivity contribution is -0.116. The Morgan fingerprint density at radius 1 is 1.16 bits per heavy atom. The van der Waals surface area contributed by atoms with Gasteiger partial charge in [0.2, 0.25) is 5.91 Å². The molecule has 0 unspecified atom stereocenters. The smallest absolute Gasteiger partial charge is 0.410 e. The minimum atomic E-state index is -0.279. The SMILES string of the molecule is O=C(CCc1cccc(Cl)c1)Nc1ccc(CN2CCOC2=O)cc1. The van der Waals surface area contributed by atoms with Crippen LogP contribution in [0.25, 0.3) is 0 Å². The van der Waals surface area contributed by atoms with Crippen LogP contribution in [0.5, 0.6) is 0 Å². The molecule has 130 valence electrons. The number of rotatable bonds is 6. The van der Waals surface area contributed by atoms with Gasteiger partial charge in [-0.2, -0.15) is 0 Å². The Morgan fingerprint density at radius 2 is 1.96 bits per heavy atom. The second-order valence-corrected chi connectivity index (χ2v) is 6.35. The molecule has 1 aliphatic heterocycles. The lowest BCUT2D eigenvalue weighted by Gasteiger charge is -2.13. The first-order chi connectivity index (χ1) is 12.1. The van der Waals surface area contributed by atoms with Crippen molar-refractivity contribution in [3.05, 3.63) is 64.7 Å². The van der Waals surface area contributed by atoms with Gasteiger partial charge in [0.1, 0.15) is 6.61 Å². The van der Waals surface area contributed by atoms with E-state index in [9.17, 15) is 9.59 Å². The van der Waals surface area contributed by atoms with Crippen molar-refractivity contribution < 1.29 is 14.3 Å². The third-order valence-electron chi connectivity index (χ3n) is 3.99. The summed E-state index contributed by atoms with van der Waals surface area (Å²) in [6.45, 7) is 1.57. The molecular formula is C19H19ClN2O3. The van der Waals surface area contributed by atoms with Crippen LogP contribution in [0.15, 0.2) is 48.5 Å². The zero-order chi connectivity index (χ0) is 17.6. The van der Waals surface area contributed by atoms with Crippen LogP contribution in [0.2, 0.25) is 5.02 Å². The van der Waals surface area contributed by atoms with Gasteiger partial charge in [-0.05, 0) is 41.8 Å². The van der Waals surface area contributed by atoms with E-state index >= 15 is 0 Å². The molecule has 2 aromatic rings. The fraction of sp³-hybridized carbons (Fsp3) is 0.263. The van der Waals surface area contributed by atoms with Crippen LogP contribution < -0.4 is 5.32 Å². The average Bonchev–Trinajstić information content (AvgIpc) is 3.00. The predicted molar refractivity (Wildman–Crippen MR) is 96.6 cm³/mol. The summed E-state index contributed by atoms with van der Waals surface area (Å²) >= 11 is 5.94. The van der Waals surface area contributed by atoms with Crippen molar-refractivity contribution in [2.75, 3.05) is 18.5 Å². The molecule has 1 aliphatic rings. The molecule has 1 N–H and O–H groups in total. The number of carbonyl (C=O) groups is 2. The molecule has 1 saturated heterocycles. The van der Waals surface area contributed by atoms with Crippen molar-refractivity contribution >= 4 is 29.3 Å². The highest BCUT2D eigenvalue weighted by Crippen LogP contribution is 2.15. The normalized spacial score (nSPS) is 13.6. The Balaban J connectivity index is 1.49. The Kier molecular flexibility index (Phi) is 5.56. The summed E-state index contributed by atoms with van der Waals surface area (Å²) in [5.74, 6) is -0.0455. The van der Waals surface area contributed by atoms with Gasteiger partial charge in [0.25, 0.3) is 0 Å². The Hall–Kier alpha value is -2.53. The molecule has 0 saturated carbocycles. The van der Waals surface area contributed by atoms with Gasteiger partial charge in [-0.25, -0.2) is 4.79 Å². The molecule has 6 heteroatoms. The van der Waals surface area contributed by atoms with Crippen LogP contribution in [-0.2, 0) is 22.5 Å². The summed E-state index contributed by atoms with van der Waals surface area (Å²) in [6.07, 6.45) is 0.752. The molecule has 2 amide bonds. The summed E-state index contributed by atoms with van der Waals surface area (Å²) in [4.78, 5) is 25.2. The number of nitrogens with one attached hydrogen (secondary N) is 1. The number of aryl methyl sites for hydroxylation is 1. The zero-order valence-electron chi connectivity index (χ0n) is 13.7. The second kappa shape index (κ2) is 8.03. The standard InChI is InChI=1S/C19H19ClN2O3/c20-16-3-1-2-14(12-16)6-9-18(23)21-17-7-4-15(5-8-17)13-22-10-11-25-19(22)24/h1-5,7-8,12H,6,9-11,13H2,(H,21,23). The molecule has 0 bridgehead atoms. The topological polar surface area (TPSA) is 58.6 Å². The van der Waals surface area contributed by atoms with Gasteiger partial charge in [-0.15, -0.1) is 0 Å². The third kappa shape index (κ3) is 4.97. The van der Waals surface area contributed by atoms with Crippen LogP contribution >= 0.6 is 11.6 Å². The number of benzene rings is 2. The summed E-state index contributed by atoms with van der Waals surface area (Å²) in [5, 5.41) is 3.56. The molecule has 5 nitrogen and oxygen atoms in total. The van der Waals surface area contributed by atoms with Gasteiger partial charge in [-0.1, -0.05) is 35.9 Å². The lowest BCUT2D eigenvalue weighted by Crippen LogP contribution is -2.23. The maximum absolute atomic E-state index is 12.1. The van der Waals surface area contributed by atoms with Crippen LogP contribution in [0, 0.1) is 0 Å². The van der Waals surface area contributed by atoms with E-state index in [1.165, 1.54) is 0 Å². The summed E-state index contributed by atoms with van der Waals surface area (Å²) in [6, 6.07) is 15.0. The van der Waals surface area contributed by atoms with E-state index in [2.05, 4.69) is 5.32 Å².